The number of nitrogens with one attached hydrogen (secondary N) is 1. The molecule has 0 bridgehead atoms. The molecule has 0 aliphatic carbocycles. The fraction of sp³-hybridized carbons (Fsp3) is 0.625. The molecule has 0 aromatic rings. The maximum atomic E-state index is 11.2. The Balaban J connectivity index is 4.25. The minimum Gasteiger partial charge on any atom is -0.345 e. The molecule has 3 N–H and O–H groups in total. The molecule has 88 valence electrons. The Bertz CT molecular complexity index is 306. The van der Waals surface area contributed by atoms with Crippen LogP contribution in [0, 0.1) is 0 Å². The van der Waals surface area contributed by atoms with E-state index >= 15 is 0 Å². The van der Waals surface area contributed by atoms with Crippen molar-refractivity contribution in [3.8, 4) is 0 Å². The standard InChI is InChI=1S/C8H16NO5P/c1-6(2)7(10)9-8(3,4)5-14-15(11,12)13/h1,5H2,2-4H3,(H,9,10)(H2,11,12,13). The average molecular weight is 237 g/mol. The third-order valence-electron chi connectivity index (χ3n) is 1.43. The van der Waals surface area contributed by atoms with Gasteiger partial charge in [-0.1, -0.05) is 6.58 Å². The Morgan fingerprint density at radius 1 is 1.53 bits per heavy atom. The van der Waals surface area contributed by atoms with Gasteiger partial charge in [-0.2, -0.15) is 0 Å². The monoisotopic (exact) mass is 237 g/mol. The van der Waals surface area contributed by atoms with Crippen LogP contribution in [0.2, 0.25) is 0 Å². The Hall–Kier alpha value is -0.680. The van der Waals surface area contributed by atoms with Gasteiger partial charge in [0.05, 0.1) is 12.1 Å². The lowest BCUT2D eigenvalue weighted by Crippen LogP contribution is -2.47. The van der Waals surface area contributed by atoms with Crippen molar-refractivity contribution in [1.29, 1.82) is 0 Å². The Morgan fingerprint density at radius 3 is 2.33 bits per heavy atom. The van der Waals surface area contributed by atoms with E-state index in [0.29, 0.717) is 5.57 Å². The molecule has 0 atom stereocenters. The van der Waals surface area contributed by atoms with Crippen molar-refractivity contribution in [2.75, 3.05) is 6.61 Å². The smallest absolute Gasteiger partial charge is 0.345 e. The molecule has 0 aromatic carbocycles. The summed E-state index contributed by atoms with van der Waals surface area (Å²) in [5.41, 5.74) is -0.545. The highest BCUT2D eigenvalue weighted by atomic mass is 31.2. The third-order valence-corrected chi connectivity index (χ3v) is 1.90. The lowest BCUT2D eigenvalue weighted by molar-refractivity contribution is -0.119. The van der Waals surface area contributed by atoms with E-state index in [1.54, 1.807) is 13.8 Å². The number of phosphoric ester groups is 1. The zero-order chi connectivity index (χ0) is 12.3. The van der Waals surface area contributed by atoms with Gasteiger partial charge in [-0.05, 0) is 20.8 Å². The number of carbonyl (C=O) groups is 1. The lowest BCUT2D eigenvalue weighted by atomic mass is 10.1. The number of hydrogen-bond donors (Lipinski definition) is 3. The zero-order valence-electron chi connectivity index (χ0n) is 8.98. The highest BCUT2D eigenvalue weighted by Gasteiger charge is 2.25. The second kappa shape index (κ2) is 4.90. The normalized spacial score (nSPS) is 12.3. The van der Waals surface area contributed by atoms with Gasteiger partial charge in [0.1, 0.15) is 0 Å². The van der Waals surface area contributed by atoms with Crippen molar-refractivity contribution in [3.63, 3.8) is 0 Å². The van der Waals surface area contributed by atoms with Crippen LogP contribution in [0.25, 0.3) is 0 Å². The molecule has 0 rings (SSSR count). The van der Waals surface area contributed by atoms with Gasteiger partial charge >= 0.3 is 7.82 Å². The molecule has 0 fully saturated rings. The molecule has 0 unspecified atom stereocenters. The summed E-state index contributed by atoms with van der Waals surface area (Å²) in [5, 5.41) is 2.52. The summed E-state index contributed by atoms with van der Waals surface area (Å²) in [6.45, 7) is 7.87. The minimum atomic E-state index is -4.50. The van der Waals surface area contributed by atoms with Crippen molar-refractivity contribution in [2.24, 2.45) is 0 Å². The molecule has 0 aromatic heterocycles. The first-order valence-corrected chi connectivity index (χ1v) is 5.75. The number of rotatable bonds is 5. The van der Waals surface area contributed by atoms with Crippen molar-refractivity contribution in [3.05, 3.63) is 12.2 Å². The summed E-state index contributed by atoms with van der Waals surface area (Å²) in [6.07, 6.45) is 0. The van der Waals surface area contributed by atoms with Gasteiger partial charge in [0, 0.05) is 5.57 Å². The molecule has 6 nitrogen and oxygen atoms in total. The van der Waals surface area contributed by atoms with E-state index in [2.05, 4.69) is 16.4 Å². The fourth-order valence-electron chi connectivity index (χ4n) is 0.696. The van der Waals surface area contributed by atoms with E-state index in [1.807, 2.05) is 0 Å². The van der Waals surface area contributed by atoms with Gasteiger partial charge in [-0.3, -0.25) is 9.32 Å². The second-order valence-electron chi connectivity index (χ2n) is 3.88. The molecule has 0 aliphatic heterocycles. The molecule has 7 heteroatoms. The van der Waals surface area contributed by atoms with E-state index in [-0.39, 0.29) is 12.5 Å². The molecule has 0 heterocycles. The van der Waals surface area contributed by atoms with Crippen LogP contribution < -0.4 is 5.32 Å². The maximum Gasteiger partial charge on any atom is 0.469 e. The van der Waals surface area contributed by atoms with Gasteiger partial charge < -0.3 is 15.1 Å². The lowest BCUT2D eigenvalue weighted by Gasteiger charge is -2.26. The molecule has 1 amide bonds. The van der Waals surface area contributed by atoms with E-state index < -0.39 is 13.4 Å². The van der Waals surface area contributed by atoms with Crippen molar-refractivity contribution >= 4 is 13.7 Å². The highest BCUT2D eigenvalue weighted by molar-refractivity contribution is 7.46. The molecule has 0 aliphatic rings. The molecular formula is C8H16NO5P. The van der Waals surface area contributed by atoms with Crippen LogP contribution in [0.4, 0.5) is 0 Å². The topological polar surface area (TPSA) is 95.9 Å². The number of phosphoric acid groups is 1. The van der Waals surface area contributed by atoms with E-state index in [1.165, 1.54) is 6.92 Å². The van der Waals surface area contributed by atoms with E-state index in [0.717, 1.165) is 0 Å². The Labute approximate surface area is 88.6 Å². The van der Waals surface area contributed by atoms with Crippen LogP contribution in [0.1, 0.15) is 20.8 Å². The maximum absolute atomic E-state index is 11.2. The first-order valence-electron chi connectivity index (χ1n) is 4.22. The second-order valence-corrected chi connectivity index (χ2v) is 5.12. The van der Waals surface area contributed by atoms with Crippen LogP contribution >= 0.6 is 7.82 Å². The first kappa shape index (κ1) is 14.3. The van der Waals surface area contributed by atoms with Crippen LogP contribution in [0.3, 0.4) is 0 Å². The average Bonchev–Trinajstić information content (AvgIpc) is 1.99. The SMILES string of the molecule is C=C(C)C(=O)NC(C)(C)COP(=O)(O)O. The summed E-state index contributed by atoms with van der Waals surface area (Å²) in [6, 6.07) is 0. The van der Waals surface area contributed by atoms with Crippen molar-refractivity contribution in [1.82, 2.24) is 5.32 Å². The number of carbonyl (C=O) groups excluding carboxylic acids is 1. The van der Waals surface area contributed by atoms with Gasteiger partial charge in [-0.15, -0.1) is 0 Å². The predicted molar refractivity (Wildman–Crippen MR) is 55.0 cm³/mol. The van der Waals surface area contributed by atoms with Crippen LogP contribution in [0.15, 0.2) is 12.2 Å². The van der Waals surface area contributed by atoms with E-state index in [9.17, 15) is 9.36 Å². The third kappa shape index (κ3) is 7.27. The number of amides is 1. The van der Waals surface area contributed by atoms with Crippen LogP contribution in [0.5, 0.6) is 0 Å². The predicted octanol–water partition coefficient (Wildman–Crippen LogP) is 0.567. The highest BCUT2D eigenvalue weighted by Crippen LogP contribution is 2.36. The quantitative estimate of drug-likeness (QED) is 0.479. The van der Waals surface area contributed by atoms with Gasteiger partial charge in [0.2, 0.25) is 5.91 Å². The van der Waals surface area contributed by atoms with Gasteiger partial charge in [-0.25, -0.2) is 4.57 Å². The zero-order valence-corrected chi connectivity index (χ0v) is 9.88. The minimum absolute atomic E-state index is 0.281. The summed E-state index contributed by atoms with van der Waals surface area (Å²) in [7, 11) is -4.50. The molecule has 0 saturated carbocycles. The molecule has 15 heavy (non-hydrogen) atoms. The summed E-state index contributed by atoms with van der Waals surface area (Å²) in [4.78, 5) is 28.2. The van der Waals surface area contributed by atoms with Crippen LogP contribution in [-0.4, -0.2) is 27.8 Å². The Kier molecular flexibility index (Phi) is 4.67. The molecule has 0 spiro atoms. The number of hydrogen-bond acceptors (Lipinski definition) is 3. The largest absolute Gasteiger partial charge is 0.469 e. The van der Waals surface area contributed by atoms with Crippen molar-refractivity contribution in [2.45, 2.75) is 26.3 Å². The van der Waals surface area contributed by atoms with Gasteiger partial charge in [0.15, 0.2) is 0 Å². The molecule has 0 saturated heterocycles. The fourth-order valence-corrected chi connectivity index (χ4v) is 1.19. The van der Waals surface area contributed by atoms with Gasteiger partial charge in [0.25, 0.3) is 0 Å². The first-order chi connectivity index (χ1) is 6.53. The van der Waals surface area contributed by atoms with Crippen molar-refractivity contribution < 1.29 is 23.7 Å². The Morgan fingerprint density at radius 2 is 2.00 bits per heavy atom. The summed E-state index contributed by atoms with van der Waals surface area (Å²) in [5.74, 6) is -0.380. The summed E-state index contributed by atoms with van der Waals surface area (Å²) < 4.78 is 14.7. The summed E-state index contributed by atoms with van der Waals surface area (Å²) >= 11 is 0. The molecule has 0 radical (unpaired) electrons. The molecular weight excluding hydrogens is 221 g/mol. The van der Waals surface area contributed by atoms with Crippen LogP contribution in [-0.2, 0) is 13.9 Å². The van der Waals surface area contributed by atoms with E-state index in [4.69, 9.17) is 9.79 Å².